The fourth-order valence-electron chi connectivity index (χ4n) is 1.07. The molecule has 18 heavy (non-hydrogen) atoms. The van der Waals surface area contributed by atoms with E-state index >= 15 is 0 Å². The molecule has 7 N–H and O–H groups in total. The van der Waals surface area contributed by atoms with Gasteiger partial charge in [-0.3, -0.25) is 0 Å². The predicted octanol–water partition coefficient (Wildman–Crippen LogP) is -0.902. The number of aromatic nitrogens is 3. The standard InChI is InChI=1S/C6H10N6.C3H6N2S/c1-2-3-9-6-11-4(7)10-5(8)12-6;6-3-4-1-2-5-3/h2H,1,3H2,(H5,7,8,9,10,11,12);1-2H2,(H2,4,5,6). The lowest BCUT2D eigenvalue weighted by atomic mass is 10.6. The van der Waals surface area contributed by atoms with Crippen LogP contribution in [0.5, 0.6) is 0 Å². The molecule has 1 saturated heterocycles. The molecule has 0 saturated carbocycles. The number of anilines is 3. The van der Waals surface area contributed by atoms with Crippen molar-refractivity contribution in [2.24, 2.45) is 0 Å². The Bertz CT molecular complexity index is 393. The van der Waals surface area contributed by atoms with Crippen molar-refractivity contribution in [3.8, 4) is 0 Å². The summed E-state index contributed by atoms with van der Waals surface area (Å²) in [7, 11) is 0. The molecule has 0 aromatic carbocycles. The summed E-state index contributed by atoms with van der Waals surface area (Å²) in [4.78, 5) is 11.2. The van der Waals surface area contributed by atoms with Crippen LogP contribution in [0.1, 0.15) is 0 Å². The normalized spacial score (nSPS) is 12.8. The highest BCUT2D eigenvalue weighted by Crippen LogP contribution is 2.02. The van der Waals surface area contributed by atoms with Gasteiger partial charge in [0.2, 0.25) is 17.8 Å². The van der Waals surface area contributed by atoms with E-state index in [2.05, 4.69) is 37.5 Å². The largest absolute Gasteiger partial charge is 0.368 e. The quantitative estimate of drug-likeness (QED) is 0.350. The van der Waals surface area contributed by atoms with Crippen LogP contribution in [-0.4, -0.2) is 39.7 Å². The minimum absolute atomic E-state index is 0.106. The van der Waals surface area contributed by atoms with E-state index in [1.165, 1.54) is 0 Å². The first-order valence-corrected chi connectivity index (χ1v) is 5.66. The molecule has 0 amide bonds. The van der Waals surface area contributed by atoms with Gasteiger partial charge in [-0.05, 0) is 12.2 Å². The van der Waals surface area contributed by atoms with E-state index in [9.17, 15) is 0 Å². The first-order valence-electron chi connectivity index (χ1n) is 5.25. The number of hydrogen-bond donors (Lipinski definition) is 5. The SMILES string of the molecule is C=CCNc1nc(N)nc(N)n1.S=C1NCCN1. The summed E-state index contributed by atoms with van der Waals surface area (Å²) in [5, 5.41) is 9.50. The summed E-state index contributed by atoms with van der Waals surface area (Å²) in [6.45, 7) is 6.05. The Morgan fingerprint density at radius 1 is 1.22 bits per heavy atom. The van der Waals surface area contributed by atoms with Gasteiger partial charge in [-0.1, -0.05) is 6.08 Å². The average Bonchev–Trinajstić information content (AvgIpc) is 2.77. The van der Waals surface area contributed by atoms with E-state index in [1.54, 1.807) is 6.08 Å². The van der Waals surface area contributed by atoms with Crippen molar-refractivity contribution in [1.82, 2.24) is 25.6 Å². The fraction of sp³-hybridized carbons (Fsp3) is 0.333. The number of thiocarbonyl (C=S) groups is 1. The van der Waals surface area contributed by atoms with Crippen molar-refractivity contribution in [3.63, 3.8) is 0 Å². The lowest BCUT2D eigenvalue weighted by Crippen LogP contribution is -2.19. The van der Waals surface area contributed by atoms with Crippen LogP contribution in [0.15, 0.2) is 12.7 Å². The van der Waals surface area contributed by atoms with Crippen molar-refractivity contribution >= 4 is 35.2 Å². The molecular formula is C9H16N8S. The number of rotatable bonds is 3. The van der Waals surface area contributed by atoms with Crippen molar-refractivity contribution in [2.45, 2.75) is 0 Å². The molecule has 1 aliphatic rings. The van der Waals surface area contributed by atoms with Gasteiger partial charge in [-0.25, -0.2) is 0 Å². The highest BCUT2D eigenvalue weighted by molar-refractivity contribution is 7.80. The maximum Gasteiger partial charge on any atom is 0.229 e. The Balaban J connectivity index is 0.000000225. The molecule has 0 radical (unpaired) electrons. The summed E-state index contributed by atoms with van der Waals surface area (Å²) >= 11 is 4.70. The van der Waals surface area contributed by atoms with Gasteiger partial charge in [-0.2, -0.15) is 15.0 Å². The van der Waals surface area contributed by atoms with Crippen molar-refractivity contribution in [3.05, 3.63) is 12.7 Å². The van der Waals surface area contributed by atoms with E-state index < -0.39 is 0 Å². The van der Waals surface area contributed by atoms with Gasteiger partial charge in [0.25, 0.3) is 0 Å². The summed E-state index contributed by atoms with van der Waals surface area (Å²) in [5.74, 6) is 0.572. The van der Waals surface area contributed by atoms with Crippen LogP contribution in [0.2, 0.25) is 0 Å². The van der Waals surface area contributed by atoms with E-state index in [-0.39, 0.29) is 11.9 Å². The lowest BCUT2D eigenvalue weighted by Gasteiger charge is -2.01. The first-order chi connectivity index (χ1) is 8.61. The van der Waals surface area contributed by atoms with E-state index in [0.29, 0.717) is 12.5 Å². The third-order valence-corrected chi connectivity index (χ3v) is 2.06. The number of nitrogens with one attached hydrogen (secondary N) is 3. The summed E-state index contributed by atoms with van der Waals surface area (Å²) in [6.07, 6.45) is 1.68. The number of nitrogens with two attached hydrogens (primary N) is 2. The molecule has 1 fully saturated rings. The second-order valence-corrected chi connectivity index (χ2v) is 3.64. The molecule has 2 heterocycles. The number of nitrogens with zero attached hydrogens (tertiary/aromatic N) is 3. The van der Waals surface area contributed by atoms with Crippen LogP contribution in [0, 0.1) is 0 Å². The van der Waals surface area contributed by atoms with Gasteiger partial charge in [0.15, 0.2) is 5.11 Å². The van der Waals surface area contributed by atoms with Crippen LogP contribution in [0.3, 0.4) is 0 Å². The zero-order chi connectivity index (χ0) is 13.4. The predicted molar refractivity (Wildman–Crippen MR) is 75.9 cm³/mol. The monoisotopic (exact) mass is 268 g/mol. The zero-order valence-electron chi connectivity index (χ0n) is 9.81. The smallest absolute Gasteiger partial charge is 0.229 e. The Morgan fingerprint density at radius 3 is 2.17 bits per heavy atom. The molecule has 0 atom stereocenters. The fourth-order valence-corrected chi connectivity index (χ4v) is 1.27. The Morgan fingerprint density at radius 2 is 1.78 bits per heavy atom. The molecule has 9 heteroatoms. The molecule has 1 aromatic rings. The zero-order valence-corrected chi connectivity index (χ0v) is 10.6. The molecule has 2 rings (SSSR count). The van der Waals surface area contributed by atoms with Crippen LogP contribution < -0.4 is 27.4 Å². The average molecular weight is 268 g/mol. The van der Waals surface area contributed by atoms with E-state index in [4.69, 9.17) is 23.7 Å². The Kier molecular flexibility index (Phi) is 5.58. The highest BCUT2D eigenvalue weighted by atomic mass is 32.1. The van der Waals surface area contributed by atoms with E-state index in [1.807, 2.05) is 0 Å². The molecule has 1 aromatic heterocycles. The van der Waals surface area contributed by atoms with Gasteiger partial charge < -0.3 is 27.4 Å². The highest BCUT2D eigenvalue weighted by Gasteiger charge is 1.99. The second-order valence-electron chi connectivity index (χ2n) is 3.23. The summed E-state index contributed by atoms with van der Waals surface area (Å²) in [6, 6.07) is 0. The molecule has 98 valence electrons. The third kappa shape index (κ3) is 5.25. The van der Waals surface area contributed by atoms with Crippen molar-refractivity contribution in [2.75, 3.05) is 36.4 Å². The van der Waals surface area contributed by atoms with Crippen LogP contribution in [0.4, 0.5) is 17.8 Å². The maximum atomic E-state index is 5.32. The van der Waals surface area contributed by atoms with Gasteiger partial charge in [0.1, 0.15) is 0 Å². The third-order valence-electron chi connectivity index (χ3n) is 1.77. The van der Waals surface area contributed by atoms with Crippen LogP contribution in [0.25, 0.3) is 0 Å². The Labute approximate surface area is 110 Å². The first kappa shape index (κ1) is 13.9. The summed E-state index contributed by atoms with van der Waals surface area (Å²) in [5.41, 5.74) is 10.6. The lowest BCUT2D eigenvalue weighted by molar-refractivity contribution is 0.942. The molecule has 0 unspecified atom stereocenters. The summed E-state index contributed by atoms with van der Waals surface area (Å²) < 4.78 is 0. The molecule has 0 bridgehead atoms. The molecular weight excluding hydrogens is 252 g/mol. The minimum Gasteiger partial charge on any atom is -0.368 e. The second kappa shape index (κ2) is 7.22. The molecule has 0 spiro atoms. The van der Waals surface area contributed by atoms with Gasteiger partial charge in [-0.15, -0.1) is 6.58 Å². The van der Waals surface area contributed by atoms with Crippen molar-refractivity contribution in [1.29, 1.82) is 0 Å². The number of hydrogen-bond acceptors (Lipinski definition) is 7. The topological polar surface area (TPSA) is 127 Å². The van der Waals surface area contributed by atoms with E-state index in [0.717, 1.165) is 18.2 Å². The minimum atomic E-state index is 0.106. The van der Waals surface area contributed by atoms with Gasteiger partial charge in [0.05, 0.1) is 0 Å². The Hall–Kier alpha value is -2.16. The van der Waals surface area contributed by atoms with Crippen LogP contribution >= 0.6 is 12.2 Å². The molecule has 8 nitrogen and oxygen atoms in total. The van der Waals surface area contributed by atoms with Gasteiger partial charge >= 0.3 is 0 Å². The number of nitrogen functional groups attached to an aromatic ring is 2. The molecule has 1 aliphatic heterocycles. The van der Waals surface area contributed by atoms with Crippen LogP contribution in [-0.2, 0) is 0 Å². The molecule has 0 aliphatic carbocycles. The van der Waals surface area contributed by atoms with Crippen molar-refractivity contribution < 1.29 is 0 Å². The van der Waals surface area contributed by atoms with Gasteiger partial charge in [0, 0.05) is 19.6 Å². The maximum absolute atomic E-state index is 5.32.